The summed E-state index contributed by atoms with van der Waals surface area (Å²) in [5.41, 5.74) is -0.371. The first kappa shape index (κ1) is 12.4. The number of carbonyl (C=O) groups excluding carboxylic acids is 1. The normalized spacial score (nSPS) is 17.7. The Kier molecular flexibility index (Phi) is 3.52. The van der Waals surface area contributed by atoms with Crippen LogP contribution < -0.4 is 5.32 Å². The van der Waals surface area contributed by atoms with Crippen LogP contribution in [0.15, 0.2) is 24.3 Å². The van der Waals surface area contributed by atoms with Gasteiger partial charge in [-0.1, -0.05) is 25.3 Å². The molecule has 1 fully saturated rings. The molecular formula is C14H16N2O2. The quantitative estimate of drug-likeness (QED) is 0.840. The molecule has 0 aliphatic heterocycles. The molecule has 1 aliphatic rings. The highest BCUT2D eigenvalue weighted by molar-refractivity contribution is 5.97. The molecule has 18 heavy (non-hydrogen) atoms. The molecule has 4 nitrogen and oxygen atoms in total. The molecule has 1 aromatic carbocycles. The number of hydrogen-bond acceptors (Lipinski definition) is 3. The van der Waals surface area contributed by atoms with E-state index in [1.54, 1.807) is 12.1 Å². The van der Waals surface area contributed by atoms with E-state index in [0.29, 0.717) is 18.5 Å². The van der Waals surface area contributed by atoms with Gasteiger partial charge in [0.25, 0.3) is 0 Å². The minimum atomic E-state index is -0.899. The molecule has 0 atom stereocenters. The van der Waals surface area contributed by atoms with Gasteiger partial charge in [0.2, 0.25) is 5.91 Å². The molecule has 0 heterocycles. The fourth-order valence-electron chi connectivity index (χ4n) is 2.38. The van der Waals surface area contributed by atoms with E-state index in [4.69, 9.17) is 0 Å². The molecule has 0 unspecified atom stereocenters. The second-order valence-electron chi connectivity index (χ2n) is 4.76. The minimum Gasteiger partial charge on any atom is -0.508 e. The molecule has 0 radical (unpaired) electrons. The van der Waals surface area contributed by atoms with Crippen LogP contribution in [-0.2, 0) is 4.79 Å². The topological polar surface area (TPSA) is 73.1 Å². The second kappa shape index (κ2) is 5.09. The van der Waals surface area contributed by atoms with Crippen molar-refractivity contribution in [1.29, 1.82) is 5.26 Å². The van der Waals surface area contributed by atoms with Crippen molar-refractivity contribution in [1.82, 2.24) is 0 Å². The van der Waals surface area contributed by atoms with Crippen molar-refractivity contribution < 1.29 is 9.90 Å². The number of amides is 1. The SMILES string of the molecule is N#CC1(C(=O)Nc2cccc(O)c2)CCCCC1. The zero-order chi connectivity index (χ0) is 13.0. The Morgan fingerprint density at radius 2 is 2.06 bits per heavy atom. The number of phenols is 1. The predicted octanol–water partition coefficient (Wildman–Crippen LogP) is 2.80. The molecule has 1 aromatic rings. The van der Waals surface area contributed by atoms with Crippen LogP contribution in [0.1, 0.15) is 32.1 Å². The van der Waals surface area contributed by atoms with E-state index >= 15 is 0 Å². The lowest BCUT2D eigenvalue weighted by molar-refractivity contribution is -0.124. The van der Waals surface area contributed by atoms with Gasteiger partial charge in [-0.25, -0.2) is 0 Å². The monoisotopic (exact) mass is 244 g/mol. The number of benzene rings is 1. The molecule has 0 saturated heterocycles. The van der Waals surface area contributed by atoms with Crippen molar-refractivity contribution in [2.24, 2.45) is 5.41 Å². The molecule has 0 spiro atoms. The third kappa shape index (κ3) is 2.45. The molecular weight excluding hydrogens is 228 g/mol. The molecule has 0 bridgehead atoms. The first-order valence-corrected chi connectivity index (χ1v) is 6.18. The summed E-state index contributed by atoms with van der Waals surface area (Å²) in [7, 11) is 0. The predicted molar refractivity (Wildman–Crippen MR) is 67.9 cm³/mol. The summed E-state index contributed by atoms with van der Waals surface area (Å²) in [6, 6.07) is 8.55. The molecule has 1 aliphatic carbocycles. The second-order valence-corrected chi connectivity index (χ2v) is 4.76. The average Bonchev–Trinajstić information content (AvgIpc) is 2.39. The van der Waals surface area contributed by atoms with Crippen molar-refractivity contribution in [3.05, 3.63) is 24.3 Å². The van der Waals surface area contributed by atoms with Crippen LogP contribution in [0.3, 0.4) is 0 Å². The number of nitrogens with one attached hydrogen (secondary N) is 1. The molecule has 1 saturated carbocycles. The highest BCUT2D eigenvalue weighted by Gasteiger charge is 2.39. The van der Waals surface area contributed by atoms with Crippen LogP contribution in [0.2, 0.25) is 0 Å². The Hall–Kier alpha value is -2.02. The summed E-state index contributed by atoms with van der Waals surface area (Å²) in [5, 5.41) is 21.3. The Bertz CT molecular complexity index is 485. The van der Waals surface area contributed by atoms with Gasteiger partial charge in [-0.3, -0.25) is 4.79 Å². The third-order valence-electron chi connectivity index (χ3n) is 3.46. The van der Waals surface area contributed by atoms with E-state index in [2.05, 4.69) is 11.4 Å². The summed E-state index contributed by atoms with van der Waals surface area (Å²) in [4.78, 5) is 12.2. The number of hydrogen-bond donors (Lipinski definition) is 2. The van der Waals surface area contributed by atoms with Crippen molar-refractivity contribution in [3.63, 3.8) is 0 Å². The van der Waals surface area contributed by atoms with E-state index in [0.717, 1.165) is 19.3 Å². The van der Waals surface area contributed by atoms with Gasteiger partial charge in [0, 0.05) is 11.8 Å². The fraction of sp³-hybridized carbons (Fsp3) is 0.429. The number of anilines is 1. The standard InChI is InChI=1S/C14H16N2O2/c15-10-14(7-2-1-3-8-14)13(18)16-11-5-4-6-12(17)9-11/h4-6,9,17H,1-3,7-8H2,(H,16,18). The Labute approximate surface area is 106 Å². The largest absolute Gasteiger partial charge is 0.508 e. The van der Waals surface area contributed by atoms with E-state index < -0.39 is 5.41 Å². The summed E-state index contributed by atoms with van der Waals surface area (Å²) in [6.45, 7) is 0. The maximum absolute atomic E-state index is 12.2. The highest BCUT2D eigenvalue weighted by atomic mass is 16.3. The zero-order valence-electron chi connectivity index (χ0n) is 10.1. The molecule has 94 valence electrons. The van der Waals surface area contributed by atoms with Gasteiger partial charge in [-0.05, 0) is 25.0 Å². The molecule has 0 aromatic heterocycles. The average molecular weight is 244 g/mol. The van der Waals surface area contributed by atoms with Crippen LogP contribution >= 0.6 is 0 Å². The Morgan fingerprint density at radius 3 is 2.67 bits per heavy atom. The smallest absolute Gasteiger partial charge is 0.244 e. The van der Waals surface area contributed by atoms with Crippen molar-refractivity contribution in [2.75, 3.05) is 5.32 Å². The van der Waals surface area contributed by atoms with Gasteiger partial charge in [-0.15, -0.1) is 0 Å². The third-order valence-corrected chi connectivity index (χ3v) is 3.46. The first-order valence-electron chi connectivity index (χ1n) is 6.18. The maximum Gasteiger partial charge on any atom is 0.244 e. The number of aromatic hydroxyl groups is 1. The summed E-state index contributed by atoms with van der Waals surface area (Å²) < 4.78 is 0. The van der Waals surface area contributed by atoms with Gasteiger partial charge in [0.1, 0.15) is 11.2 Å². The lowest BCUT2D eigenvalue weighted by Crippen LogP contribution is -2.36. The van der Waals surface area contributed by atoms with E-state index in [-0.39, 0.29) is 11.7 Å². The molecule has 4 heteroatoms. The Balaban J connectivity index is 2.13. The zero-order valence-corrected chi connectivity index (χ0v) is 10.1. The van der Waals surface area contributed by atoms with Crippen LogP contribution in [0.5, 0.6) is 5.75 Å². The lowest BCUT2D eigenvalue weighted by Gasteiger charge is -2.29. The first-order chi connectivity index (χ1) is 8.66. The molecule has 1 amide bonds. The van der Waals surface area contributed by atoms with E-state index in [1.165, 1.54) is 12.1 Å². The fourth-order valence-corrected chi connectivity index (χ4v) is 2.38. The van der Waals surface area contributed by atoms with Gasteiger partial charge < -0.3 is 10.4 Å². The number of nitrogens with zero attached hydrogens (tertiary/aromatic N) is 1. The summed E-state index contributed by atoms with van der Waals surface area (Å²) in [6.07, 6.45) is 4.16. The van der Waals surface area contributed by atoms with Crippen LogP contribution in [0, 0.1) is 16.7 Å². The summed E-state index contributed by atoms with van der Waals surface area (Å²) in [5.74, 6) is -0.155. The van der Waals surface area contributed by atoms with Gasteiger partial charge in [0.15, 0.2) is 0 Å². The molecule has 2 N–H and O–H groups in total. The van der Waals surface area contributed by atoms with Gasteiger partial charge in [-0.2, -0.15) is 5.26 Å². The van der Waals surface area contributed by atoms with E-state index in [1.807, 2.05) is 0 Å². The van der Waals surface area contributed by atoms with Gasteiger partial charge >= 0.3 is 0 Å². The van der Waals surface area contributed by atoms with Crippen LogP contribution in [0.4, 0.5) is 5.69 Å². The highest BCUT2D eigenvalue weighted by Crippen LogP contribution is 2.36. The van der Waals surface area contributed by atoms with Crippen LogP contribution in [-0.4, -0.2) is 11.0 Å². The van der Waals surface area contributed by atoms with E-state index in [9.17, 15) is 15.2 Å². The number of nitriles is 1. The lowest BCUT2D eigenvalue weighted by atomic mass is 9.74. The number of phenolic OH excluding ortho intramolecular Hbond substituents is 1. The van der Waals surface area contributed by atoms with Gasteiger partial charge in [0.05, 0.1) is 6.07 Å². The minimum absolute atomic E-state index is 0.0995. The summed E-state index contributed by atoms with van der Waals surface area (Å²) >= 11 is 0. The van der Waals surface area contributed by atoms with Crippen molar-refractivity contribution >= 4 is 11.6 Å². The van der Waals surface area contributed by atoms with Crippen molar-refractivity contribution in [2.45, 2.75) is 32.1 Å². The maximum atomic E-state index is 12.2. The molecule has 2 rings (SSSR count). The van der Waals surface area contributed by atoms with Crippen molar-refractivity contribution in [3.8, 4) is 11.8 Å². The number of rotatable bonds is 2. The Morgan fingerprint density at radius 1 is 1.33 bits per heavy atom. The number of carbonyl (C=O) groups is 1. The van der Waals surface area contributed by atoms with Crippen LogP contribution in [0.25, 0.3) is 0 Å².